The van der Waals surface area contributed by atoms with E-state index in [2.05, 4.69) is 10.6 Å². The normalized spacial score (nSPS) is 16.5. The number of nitrogens with two attached hydrogens (primary N) is 1. The predicted octanol–water partition coefficient (Wildman–Crippen LogP) is 0.662. The minimum Gasteiger partial charge on any atom is -0.444 e. The molecule has 15 heteroatoms. The summed E-state index contributed by atoms with van der Waals surface area (Å²) in [7, 11) is 0. The molecule has 1 aromatic rings. The Morgan fingerprint density at radius 1 is 0.977 bits per heavy atom. The highest BCUT2D eigenvalue weighted by Gasteiger charge is 2.45. The summed E-state index contributed by atoms with van der Waals surface area (Å²) in [5.74, 6) is -2.99. The standard InChI is InChI=1S/C29H41N5O10/c1-29(2,3)44-28(40)33(11-15-42-14-10-30)12-16-43-18-17-41-13-9-23(36)31-20-6-4-5-19-24(20)27(39)34(26(19)38)21-7-8-22(35)32-25(21)37/h4-6,21H,7-18,30H2,1-3H3,(H,31,36)(H,32,35,37). The van der Waals surface area contributed by atoms with Crippen molar-refractivity contribution in [3.05, 3.63) is 29.3 Å². The van der Waals surface area contributed by atoms with Gasteiger partial charge in [-0.05, 0) is 39.3 Å². The van der Waals surface area contributed by atoms with Crippen LogP contribution in [0.3, 0.4) is 0 Å². The van der Waals surface area contributed by atoms with Gasteiger partial charge in [-0.1, -0.05) is 6.07 Å². The fourth-order valence-corrected chi connectivity index (χ4v) is 4.47. The SMILES string of the molecule is CC(C)(C)OC(=O)N(CCOCCN)CCOCCOCCC(=O)Nc1cccc2c1C(=O)N(C1CCC(=O)NC1=O)C2=O. The number of ether oxygens (including phenoxy) is 4. The van der Waals surface area contributed by atoms with Crippen molar-refractivity contribution in [3.8, 4) is 0 Å². The lowest BCUT2D eigenvalue weighted by Crippen LogP contribution is -2.54. The number of nitrogens with zero attached hydrogens (tertiary/aromatic N) is 2. The van der Waals surface area contributed by atoms with E-state index in [9.17, 15) is 28.8 Å². The van der Waals surface area contributed by atoms with Crippen LogP contribution in [0.25, 0.3) is 0 Å². The first-order valence-electron chi connectivity index (χ1n) is 14.5. The third kappa shape index (κ3) is 9.80. The van der Waals surface area contributed by atoms with Crippen LogP contribution in [0, 0.1) is 0 Å². The maximum atomic E-state index is 13.2. The smallest absolute Gasteiger partial charge is 0.410 e. The molecule has 0 aromatic heterocycles. The summed E-state index contributed by atoms with van der Waals surface area (Å²) in [5.41, 5.74) is 4.99. The van der Waals surface area contributed by atoms with Crippen molar-refractivity contribution >= 4 is 41.3 Å². The van der Waals surface area contributed by atoms with Gasteiger partial charge in [0.15, 0.2) is 0 Å². The van der Waals surface area contributed by atoms with Crippen LogP contribution >= 0.6 is 0 Å². The number of amides is 6. The fourth-order valence-electron chi connectivity index (χ4n) is 4.47. The van der Waals surface area contributed by atoms with E-state index >= 15 is 0 Å². The molecule has 3 rings (SSSR count). The first kappa shape index (κ1) is 34.6. The van der Waals surface area contributed by atoms with Gasteiger partial charge in [0, 0.05) is 26.1 Å². The number of hydrogen-bond acceptors (Lipinski definition) is 11. The Bertz CT molecular complexity index is 1230. The lowest BCUT2D eigenvalue weighted by atomic mass is 10.0. The van der Waals surface area contributed by atoms with Crippen LogP contribution in [0.4, 0.5) is 10.5 Å². The number of nitrogens with one attached hydrogen (secondary N) is 2. The second-order valence-corrected chi connectivity index (χ2v) is 11.1. The van der Waals surface area contributed by atoms with Crippen LogP contribution in [-0.2, 0) is 33.3 Å². The molecule has 0 bridgehead atoms. The van der Waals surface area contributed by atoms with Crippen molar-refractivity contribution in [1.82, 2.24) is 15.1 Å². The van der Waals surface area contributed by atoms with Crippen LogP contribution in [0.2, 0.25) is 0 Å². The zero-order chi connectivity index (χ0) is 32.3. The molecule has 2 aliphatic heterocycles. The minimum absolute atomic E-state index is 0.00348. The van der Waals surface area contributed by atoms with E-state index in [0.29, 0.717) is 26.3 Å². The van der Waals surface area contributed by atoms with Crippen molar-refractivity contribution in [3.63, 3.8) is 0 Å². The van der Waals surface area contributed by atoms with Gasteiger partial charge in [0.05, 0.1) is 62.9 Å². The summed E-state index contributed by atoms with van der Waals surface area (Å²) in [6, 6.07) is 3.37. The van der Waals surface area contributed by atoms with E-state index in [1.807, 2.05) is 0 Å². The van der Waals surface area contributed by atoms with Gasteiger partial charge in [-0.25, -0.2) is 4.79 Å². The Morgan fingerprint density at radius 3 is 2.27 bits per heavy atom. The molecule has 0 aliphatic carbocycles. The molecule has 0 spiro atoms. The molecule has 1 unspecified atom stereocenters. The van der Waals surface area contributed by atoms with Crippen LogP contribution in [-0.4, -0.2) is 116 Å². The molecule has 0 radical (unpaired) electrons. The number of carbonyl (C=O) groups is 6. The molecule has 0 saturated carbocycles. The summed E-state index contributed by atoms with van der Waals surface area (Å²) >= 11 is 0. The van der Waals surface area contributed by atoms with Gasteiger partial charge in [-0.2, -0.15) is 0 Å². The van der Waals surface area contributed by atoms with E-state index in [-0.39, 0.29) is 69.0 Å². The van der Waals surface area contributed by atoms with Crippen molar-refractivity contribution < 1.29 is 47.7 Å². The van der Waals surface area contributed by atoms with E-state index < -0.39 is 47.3 Å². The molecule has 1 saturated heterocycles. The Kier molecular flexibility index (Phi) is 12.8. The number of benzene rings is 1. The number of imide groups is 2. The second kappa shape index (κ2) is 16.2. The predicted molar refractivity (Wildman–Crippen MR) is 156 cm³/mol. The highest BCUT2D eigenvalue weighted by Crippen LogP contribution is 2.32. The number of fused-ring (bicyclic) bond motifs is 1. The quantitative estimate of drug-likeness (QED) is 0.174. The summed E-state index contributed by atoms with van der Waals surface area (Å²) in [5, 5.41) is 4.79. The topological polar surface area (TPSA) is 196 Å². The Labute approximate surface area is 255 Å². The molecule has 1 atom stereocenters. The maximum absolute atomic E-state index is 13.2. The Hall–Kier alpha value is -3.92. The van der Waals surface area contributed by atoms with E-state index in [0.717, 1.165) is 4.90 Å². The second-order valence-electron chi connectivity index (χ2n) is 11.1. The van der Waals surface area contributed by atoms with E-state index in [1.54, 1.807) is 20.8 Å². The number of carbonyl (C=O) groups excluding carboxylic acids is 6. The fraction of sp³-hybridized carbons (Fsp3) is 0.586. The number of piperidine rings is 1. The maximum Gasteiger partial charge on any atom is 0.410 e. The number of rotatable bonds is 16. The van der Waals surface area contributed by atoms with Crippen LogP contribution in [0.15, 0.2) is 18.2 Å². The van der Waals surface area contributed by atoms with Crippen LogP contribution < -0.4 is 16.4 Å². The van der Waals surface area contributed by atoms with Crippen molar-refractivity contribution in [2.45, 2.75) is 51.7 Å². The van der Waals surface area contributed by atoms with Gasteiger partial charge < -0.3 is 34.9 Å². The Balaban J connectivity index is 1.39. The molecule has 4 N–H and O–H groups in total. The third-order valence-corrected chi connectivity index (χ3v) is 6.51. The lowest BCUT2D eigenvalue weighted by Gasteiger charge is -2.27. The zero-order valence-electron chi connectivity index (χ0n) is 25.3. The van der Waals surface area contributed by atoms with Gasteiger partial charge in [-0.15, -0.1) is 0 Å². The third-order valence-electron chi connectivity index (χ3n) is 6.51. The lowest BCUT2D eigenvalue weighted by molar-refractivity contribution is -0.136. The van der Waals surface area contributed by atoms with Gasteiger partial charge in [0.2, 0.25) is 17.7 Å². The molecule has 2 aliphatic rings. The van der Waals surface area contributed by atoms with Gasteiger partial charge in [-0.3, -0.25) is 34.2 Å². The molecule has 15 nitrogen and oxygen atoms in total. The van der Waals surface area contributed by atoms with Crippen molar-refractivity contribution in [2.24, 2.45) is 5.73 Å². The molecule has 6 amide bonds. The van der Waals surface area contributed by atoms with Crippen LogP contribution in [0.1, 0.15) is 60.7 Å². The average molecular weight is 620 g/mol. The summed E-state index contributed by atoms with van der Waals surface area (Å²) < 4.78 is 21.8. The molecule has 44 heavy (non-hydrogen) atoms. The Morgan fingerprint density at radius 2 is 1.64 bits per heavy atom. The molecule has 242 valence electrons. The minimum atomic E-state index is -1.10. The molecular weight excluding hydrogens is 578 g/mol. The zero-order valence-corrected chi connectivity index (χ0v) is 25.3. The largest absolute Gasteiger partial charge is 0.444 e. The molecular formula is C29H41N5O10. The summed E-state index contributed by atoms with van der Waals surface area (Å²) in [6.45, 7) is 7.79. The highest BCUT2D eigenvalue weighted by atomic mass is 16.6. The molecule has 1 aromatic carbocycles. The molecule has 1 fully saturated rings. The van der Waals surface area contributed by atoms with Crippen molar-refractivity contribution in [1.29, 1.82) is 0 Å². The summed E-state index contributed by atoms with van der Waals surface area (Å²) in [4.78, 5) is 77.3. The number of anilines is 1. The van der Waals surface area contributed by atoms with Gasteiger partial charge >= 0.3 is 6.09 Å². The van der Waals surface area contributed by atoms with Crippen LogP contribution in [0.5, 0.6) is 0 Å². The van der Waals surface area contributed by atoms with E-state index in [1.165, 1.54) is 23.1 Å². The summed E-state index contributed by atoms with van der Waals surface area (Å²) in [6.07, 6.45) is -0.463. The average Bonchev–Trinajstić information content (AvgIpc) is 3.20. The number of hydrogen-bond donors (Lipinski definition) is 3. The van der Waals surface area contributed by atoms with E-state index in [4.69, 9.17) is 24.7 Å². The van der Waals surface area contributed by atoms with Crippen molar-refractivity contribution in [2.75, 3.05) is 64.6 Å². The monoisotopic (exact) mass is 619 g/mol. The first-order valence-corrected chi connectivity index (χ1v) is 14.5. The highest BCUT2D eigenvalue weighted by molar-refractivity contribution is 6.26. The molecule has 2 heterocycles. The van der Waals surface area contributed by atoms with Gasteiger partial charge in [0.1, 0.15) is 11.6 Å². The first-order chi connectivity index (χ1) is 20.9. The van der Waals surface area contributed by atoms with Gasteiger partial charge in [0.25, 0.3) is 11.8 Å².